The topological polar surface area (TPSA) is 92.5 Å². The number of rotatable bonds is 7. The number of carbonyl (C=O) groups is 1. The van der Waals surface area contributed by atoms with Crippen LogP contribution in [-0.4, -0.2) is 29.1 Å². The monoisotopic (exact) mass is 314 g/mol. The molecule has 6 nitrogen and oxygen atoms in total. The number of nitrogens with zero attached hydrogens (tertiary/aromatic N) is 1. The Labute approximate surface area is 128 Å². The zero-order chi connectivity index (χ0) is 16.0. The lowest BCUT2D eigenvalue weighted by Gasteiger charge is -2.21. The number of carbonyl (C=O) groups excluding carboxylic acids is 1. The molecule has 0 saturated carbocycles. The normalized spacial score (nSPS) is 11.2. The molecule has 1 aromatic rings. The number of aliphatic hydroxyl groups is 1. The maximum Gasteiger partial charge on any atom is 0.271 e. The average molecular weight is 315 g/mol. The summed E-state index contributed by atoms with van der Waals surface area (Å²) in [5.41, 5.74) is -0.232. The Hall–Kier alpha value is -1.66. The zero-order valence-electron chi connectivity index (χ0n) is 12.1. The van der Waals surface area contributed by atoms with Gasteiger partial charge in [-0.05, 0) is 24.3 Å². The van der Waals surface area contributed by atoms with Crippen molar-refractivity contribution in [3.05, 3.63) is 38.9 Å². The molecule has 2 N–H and O–H groups in total. The quantitative estimate of drug-likeness (QED) is 0.460. The Bertz CT molecular complexity index is 532. The number of amides is 1. The van der Waals surface area contributed by atoms with Crippen LogP contribution in [0.1, 0.15) is 37.0 Å². The predicted molar refractivity (Wildman–Crippen MR) is 80.5 cm³/mol. The summed E-state index contributed by atoms with van der Waals surface area (Å²) in [7, 11) is 0. The molecule has 0 aliphatic heterocycles. The number of nitro benzene ring substituents is 1. The van der Waals surface area contributed by atoms with E-state index >= 15 is 0 Å². The minimum Gasteiger partial charge on any atom is -0.396 e. The molecule has 0 aromatic heterocycles. The summed E-state index contributed by atoms with van der Waals surface area (Å²) < 4.78 is 0. The number of hydrogen-bond acceptors (Lipinski definition) is 4. The molecular weight excluding hydrogens is 296 g/mol. The van der Waals surface area contributed by atoms with E-state index in [9.17, 15) is 14.9 Å². The first-order valence-corrected chi connectivity index (χ1v) is 6.97. The first-order chi connectivity index (χ1) is 9.75. The molecule has 1 rings (SSSR count). The molecule has 21 heavy (non-hydrogen) atoms. The van der Waals surface area contributed by atoms with Crippen molar-refractivity contribution in [3.8, 4) is 0 Å². The van der Waals surface area contributed by atoms with Crippen molar-refractivity contribution in [1.29, 1.82) is 0 Å². The van der Waals surface area contributed by atoms with Crippen molar-refractivity contribution in [2.24, 2.45) is 5.41 Å². The number of aliphatic hydroxyl groups excluding tert-OH is 1. The highest BCUT2D eigenvalue weighted by Crippen LogP contribution is 2.22. The van der Waals surface area contributed by atoms with Gasteiger partial charge in [0.2, 0.25) is 0 Å². The first kappa shape index (κ1) is 17.4. The maximum absolute atomic E-state index is 11.9. The summed E-state index contributed by atoms with van der Waals surface area (Å²) in [6.45, 7) is 4.40. The number of nitro groups is 1. The van der Waals surface area contributed by atoms with E-state index in [4.69, 9.17) is 16.7 Å². The van der Waals surface area contributed by atoms with E-state index in [1.54, 1.807) is 0 Å². The fourth-order valence-corrected chi connectivity index (χ4v) is 1.99. The van der Waals surface area contributed by atoms with Crippen molar-refractivity contribution < 1.29 is 14.8 Å². The molecule has 0 atom stereocenters. The maximum atomic E-state index is 11.9. The van der Waals surface area contributed by atoms with Crippen LogP contribution in [-0.2, 0) is 0 Å². The van der Waals surface area contributed by atoms with Gasteiger partial charge in [0.05, 0.1) is 4.92 Å². The van der Waals surface area contributed by atoms with Crippen molar-refractivity contribution in [2.75, 3.05) is 13.2 Å². The van der Waals surface area contributed by atoms with Crippen LogP contribution in [0, 0.1) is 15.5 Å². The summed E-state index contributed by atoms with van der Waals surface area (Å²) >= 11 is 5.77. The second-order valence-electron chi connectivity index (χ2n) is 5.64. The number of hydrogen-bond donors (Lipinski definition) is 2. The van der Waals surface area contributed by atoms with E-state index in [-0.39, 0.29) is 28.3 Å². The molecule has 0 saturated heterocycles. The van der Waals surface area contributed by atoms with E-state index in [0.29, 0.717) is 13.0 Å². The van der Waals surface area contributed by atoms with Crippen LogP contribution in [0.2, 0.25) is 5.02 Å². The fraction of sp³-hybridized carbons (Fsp3) is 0.500. The molecule has 0 aliphatic carbocycles. The van der Waals surface area contributed by atoms with E-state index < -0.39 is 10.8 Å². The van der Waals surface area contributed by atoms with Crippen LogP contribution in [0.5, 0.6) is 0 Å². The summed E-state index contributed by atoms with van der Waals surface area (Å²) in [6, 6.07) is 3.78. The highest BCUT2D eigenvalue weighted by atomic mass is 35.5. The van der Waals surface area contributed by atoms with Gasteiger partial charge in [-0.25, -0.2) is 0 Å². The van der Waals surface area contributed by atoms with Crippen molar-refractivity contribution in [2.45, 2.75) is 26.7 Å². The smallest absolute Gasteiger partial charge is 0.271 e. The second-order valence-corrected chi connectivity index (χ2v) is 6.07. The van der Waals surface area contributed by atoms with Gasteiger partial charge in [-0.1, -0.05) is 25.4 Å². The van der Waals surface area contributed by atoms with Crippen molar-refractivity contribution >= 4 is 23.2 Å². The van der Waals surface area contributed by atoms with Crippen LogP contribution in [0.25, 0.3) is 0 Å². The molecular formula is C14H19ClN2O4. The minimum absolute atomic E-state index is 0.0848. The summed E-state index contributed by atoms with van der Waals surface area (Å²) in [6.07, 6.45) is 1.47. The fourth-order valence-electron chi connectivity index (χ4n) is 1.76. The zero-order valence-corrected chi connectivity index (χ0v) is 12.8. The summed E-state index contributed by atoms with van der Waals surface area (Å²) in [5.74, 6) is -0.401. The first-order valence-electron chi connectivity index (χ1n) is 6.59. The molecule has 0 heterocycles. The third-order valence-electron chi connectivity index (χ3n) is 3.10. The van der Waals surface area contributed by atoms with Crippen LogP contribution in [0.15, 0.2) is 18.2 Å². The molecule has 0 fully saturated rings. The third kappa shape index (κ3) is 5.69. The second kappa shape index (κ2) is 7.38. The summed E-state index contributed by atoms with van der Waals surface area (Å²) in [4.78, 5) is 22.1. The number of nitrogens with one attached hydrogen (secondary N) is 1. The molecule has 7 heteroatoms. The van der Waals surface area contributed by atoms with E-state index in [0.717, 1.165) is 6.42 Å². The van der Waals surface area contributed by atoms with Crippen molar-refractivity contribution in [1.82, 2.24) is 5.32 Å². The molecule has 1 aromatic carbocycles. The van der Waals surface area contributed by atoms with Gasteiger partial charge in [0.1, 0.15) is 0 Å². The lowest BCUT2D eigenvalue weighted by atomic mass is 9.89. The summed E-state index contributed by atoms with van der Waals surface area (Å²) in [5, 5.41) is 22.7. The minimum atomic E-state index is -0.591. The van der Waals surface area contributed by atoms with E-state index in [1.807, 2.05) is 13.8 Å². The highest BCUT2D eigenvalue weighted by molar-refractivity contribution is 6.31. The largest absolute Gasteiger partial charge is 0.396 e. The number of benzene rings is 1. The molecule has 0 unspecified atom stereocenters. The van der Waals surface area contributed by atoms with E-state index in [1.165, 1.54) is 18.2 Å². The Morgan fingerprint density at radius 3 is 2.67 bits per heavy atom. The molecule has 0 radical (unpaired) electrons. The van der Waals surface area contributed by atoms with Crippen LogP contribution in [0.4, 0.5) is 5.69 Å². The Morgan fingerprint density at radius 1 is 1.43 bits per heavy atom. The van der Waals surface area contributed by atoms with Gasteiger partial charge in [0.15, 0.2) is 0 Å². The molecule has 1 amide bonds. The lowest BCUT2D eigenvalue weighted by Crippen LogP contribution is -2.26. The highest BCUT2D eigenvalue weighted by Gasteiger charge is 2.17. The van der Waals surface area contributed by atoms with Gasteiger partial charge < -0.3 is 10.4 Å². The predicted octanol–water partition coefficient (Wildman–Crippen LogP) is 2.78. The number of halogens is 1. The average Bonchev–Trinajstić information content (AvgIpc) is 2.42. The van der Waals surface area contributed by atoms with Crippen molar-refractivity contribution in [3.63, 3.8) is 0 Å². The molecule has 0 bridgehead atoms. The Morgan fingerprint density at radius 2 is 2.10 bits per heavy atom. The van der Waals surface area contributed by atoms with Gasteiger partial charge in [-0.3, -0.25) is 14.9 Å². The number of non-ortho nitro benzene ring substituents is 1. The molecule has 0 spiro atoms. The van der Waals surface area contributed by atoms with Crippen LogP contribution < -0.4 is 5.32 Å². The SMILES string of the molecule is CC(C)(CO)CCCNC(=O)c1cc(Cl)cc([N+](=O)[O-])c1. The van der Waals surface area contributed by atoms with Crippen LogP contribution >= 0.6 is 11.6 Å². The van der Waals surface area contributed by atoms with Gasteiger partial charge in [-0.15, -0.1) is 0 Å². The van der Waals surface area contributed by atoms with Crippen LogP contribution in [0.3, 0.4) is 0 Å². The molecule has 0 aliphatic rings. The standard InChI is InChI=1S/C14H19ClN2O4/c1-14(2,9-18)4-3-5-16-13(19)10-6-11(15)8-12(7-10)17(20)21/h6-8,18H,3-5,9H2,1-2H3,(H,16,19). The molecule has 116 valence electrons. The third-order valence-corrected chi connectivity index (χ3v) is 3.32. The lowest BCUT2D eigenvalue weighted by molar-refractivity contribution is -0.384. The van der Waals surface area contributed by atoms with Gasteiger partial charge in [0, 0.05) is 35.9 Å². The van der Waals surface area contributed by atoms with Gasteiger partial charge in [0.25, 0.3) is 11.6 Å². The Kier molecular flexibility index (Phi) is 6.11. The van der Waals surface area contributed by atoms with Gasteiger partial charge >= 0.3 is 0 Å². The van der Waals surface area contributed by atoms with E-state index in [2.05, 4.69) is 5.32 Å². The Balaban J connectivity index is 2.58. The van der Waals surface area contributed by atoms with Gasteiger partial charge in [-0.2, -0.15) is 0 Å².